The number of carbonyl (C=O) groups is 1. The highest BCUT2D eigenvalue weighted by molar-refractivity contribution is 7.18. The van der Waals surface area contributed by atoms with Crippen molar-refractivity contribution in [1.82, 2.24) is 19.9 Å². The fourth-order valence-electron chi connectivity index (χ4n) is 2.77. The lowest BCUT2D eigenvalue weighted by Crippen LogP contribution is -2.40. The highest BCUT2D eigenvalue weighted by Gasteiger charge is 2.19. The van der Waals surface area contributed by atoms with Crippen LogP contribution in [-0.4, -0.2) is 52.1 Å². The molecule has 4 rings (SSSR count). The Kier molecular flexibility index (Phi) is 4.59. The van der Waals surface area contributed by atoms with Crippen LogP contribution in [-0.2, 0) is 4.74 Å². The van der Waals surface area contributed by atoms with E-state index >= 15 is 0 Å². The molecular weight excluding hydrogens is 350 g/mol. The smallest absolute Gasteiger partial charge is 0.255 e. The zero-order valence-electron chi connectivity index (χ0n) is 14.0. The molecule has 0 saturated carbocycles. The Bertz CT molecular complexity index is 937. The standard InChI is InChI=1S/C18H17N5O2S/c19-16-14(2-1-3-21-16)17-22-11-15(26-17)12-8-13(10-20-9-12)18(24)23-4-6-25-7-5-23/h1-3,8-11H,4-7H2,(H2,19,21). The Labute approximate surface area is 154 Å². The number of carbonyl (C=O) groups excluding carboxylic acids is 1. The fraction of sp³-hybridized carbons (Fsp3) is 0.222. The van der Waals surface area contributed by atoms with Crippen LogP contribution in [0.2, 0.25) is 0 Å². The first-order valence-electron chi connectivity index (χ1n) is 8.21. The highest BCUT2D eigenvalue weighted by Crippen LogP contribution is 2.33. The third-order valence-corrected chi connectivity index (χ3v) is 5.22. The predicted molar refractivity (Wildman–Crippen MR) is 99.7 cm³/mol. The molecule has 1 fully saturated rings. The van der Waals surface area contributed by atoms with Crippen LogP contribution in [0.25, 0.3) is 21.0 Å². The maximum absolute atomic E-state index is 12.6. The van der Waals surface area contributed by atoms with Crippen LogP contribution >= 0.6 is 11.3 Å². The van der Waals surface area contributed by atoms with E-state index in [-0.39, 0.29) is 5.91 Å². The number of anilines is 1. The van der Waals surface area contributed by atoms with Crippen LogP contribution in [0.3, 0.4) is 0 Å². The summed E-state index contributed by atoms with van der Waals surface area (Å²) in [4.78, 5) is 28.1. The summed E-state index contributed by atoms with van der Waals surface area (Å²) in [6, 6.07) is 5.58. The zero-order chi connectivity index (χ0) is 17.9. The van der Waals surface area contributed by atoms with Crippen LogP contribution in [0.15, 0.2) is 43.0 Å². The SMILES string of the molecule is Nc1ncccc1-c1ncc(-c2cncc(C(=O)N3CCOCC3)c2)s1. The van der Waals surface area contributed by atoms with Gasteiger partial charge in [0, 0.05) is 43.4 Å². The molecule has 1 aliphatic rings. The molecule has 0 radical (unpaired) electrons. The summed E-state index contributed by atoms with van der Waals surface area (Å²) < 4.78 is 5.30. The first kappa shape index (κ1) is 16.6. The molecule has 2 N–H and O–H groups in total. The molecule has 1 amide bonds. The van der Waals surface area contributed by atoms with Crippen molar-refractivity contribution in [2.24, 2.45) is 0 Å². The van der Waals surface area contributed by atoms with Gasteiger partial charge in [0.25, 0.3) is 5.91 Å². The predicted octanol–water partition coefficient (Wildman–Crippen LogP) is 2.32. The number of pyridine rings is 2. The second-order valence-corrected chi connectivity index (χ2v) is 6.86. The first-order chi connectivity index (χ1) is 12.7. The van der Waals surface area contributed by atoms with Gasteiger partial charge in [0.2, 0.25) is 0 Å². The Morgan fingerprint density at radius 2 is 2.04 bits per heavy atom. The van der Waals surface area contributed by atoms with E-state index in [1.807, 2.05) is 18.2 Å². The second-order valence-electron chi connectivity index (χ2n) is 5.83. The molecule has 0 atom stereocenters. The number of nitrogen functional groups attached to an aromatic ring is 1. The molecule has 1 aliphatic heterocycles. The summed E-state index contributed by atoms with van der Waals surface area (Å²) in [5.74, 6) is 0.423. The molecule has 0 unspecified atom stereocenters. The number of hydrogen-bond acceptors (Lipinski definition) is 7. The molecule has 3 aromatic rings. The minimum atomic E-state index is -0.0242. The molecule has 8 heteroatoms. The van der Waals surface area contributed by atoms with Crippen molar-refractivity contribution >= 4 is 23.1 Å². The van der Waals surface area contributed by atoms with Gasteiger partial charge in [-0.2, -0.15) is 0 Å². The number of rotatable bonds is 3. The Balaban J connectivity index is 1.61. The average Bonchev–Trinajstić information content (AvgIpc) is 3.18. The number of nitrogens with two attached hydrogens (primary N) is 1. The summed E-state index contributed by atoms with van der Waals surface area (Å²) >= 11 is 1.49. The van der Waals surface area contributed by atoms with Crippen molar-refractivity contribution in [3.63, 3.8) is 0 Å². The van der Waals surface area contributed by atoms with Gasteiger partial charge in [0.15, 0.2) is 0 Å². The number of hydrogen-bond donors (Lipinski definition) is 1. The van der Waals surface area contributed by atoms with Gasteiger partial charge in [0.1, 0.15) is 10.8 Å². The van der Waals surface area contributed by atoms with Gasteiger partial charge in [-0.05, 0) is 18.2 Å². The van der Waals surface area contributed by atoms with E-state index in [9.17, 15) is 4.79 Å². The minimum Gasteiger partial charge on any atom is -0.383 e. The largest absolute Gasteiger partial charge is 0.383 e. The van der Waals surface area contributed by atoms with Crippen LogP contribution in [0.4, 0.5) is 5.82 Å². The average molecular weight is 367 g/mol. The first-order valence-corrected chi connectivity index (χ1v) is 9.03. The van der Waals surface area contributed by atoms with Gasteiger partial charge in [0.05, 0.1) is 29.2 Å². The third-order valence-electron chi connectivity index (χ3n) is 4.14. The summed E-state index contributed by atoms with van der Waals surface area (Å²) in [6.07, 6.45) is 6.76. The van der Waals surface area contributed by atoms with Crippen molar-refractivity contribution in [1.29, 1.82) is 0 Å². The molecule has 0 spiro atoms. The Hall–Kier alpha value is -2.84. The topological polar surface area (TPSA) is 94.2 Å². The number of morpholine rings is 1. The molecule has 132 valence electrons. The molecule has 3 aromatic heterocycles. The van der Waals surface area contributed by atoms with Crippen LogP contribution in [0, 0.1) is 0 Å². The van der Waals surface area contributed by atoms with E-state index in [4.69, 9.17) is 10.5 Å². The van der Waals surface area contributed by atoms with E-state index in [2.05, 4.69) is 15.0 Å². The molecule has 4 heterocycles. The number of amides is 1. The summed E-state index contributed by atoms with van der Waals surface area (Å²) in [7, 11) is 0. The van der Waals surface area contributed by atoms with Crippen LogP contribution < -0.4 is 5.73 Å². The normalized spacial score (nSPS) is 14.4. The summed E-state index contributed by atoms with van der Waals surface area (Å²) in [5.41, 5.74) is 8.16. The van der Waals surface area contributed by atoms with Gasteiger partial charge in [-0.3, -0.25) is 9.78 Å². The number of thiazole rings is 1. The fourth-order valence-corrected chi connectivity index (χ4v) is 3.70. The van der Waals surface area contributed by atoms with Crippen LogP contribution in [0.1, 0.15) is 10.4 Å². The molecule has 0 bridgehead atoms. The van der Waals surface area contributed by atoms with Crippen molar-refractivity contribution in [3.05, 3.63) is 48.5 Å². The van der Waals surface area contributed by atoms with Crippen molar-refractivity contribution < 1.29 is 9.53 Å². The summed E-state index contributed by atoms with van der Waals surface area (Å²) in [6.45, 7) is 2.36. The lowest BCUT2D eigenvalue weighted by atomic mass is 10.1. The molecular formula is C18H17N5O2S. The lowest BCUT2D eigenvalue weighted by Gasteiger charge is -2.26. The maximum Gasteiger partial charge on any atom is 0.255 e. The third kappa shape index (κ3) is 3.29. The highest BCUT2D eigenvalue weighted by atomic mass is 32.1. The van der Waals surface area contributed by atoms with E-state index in [1.54, 1.807) is 29.7 Å². The monoisotopic (exact) mass is 367 g/mol. The Morgan fingerprint density at radius 3 is 2.85 bits per heavy atom. The lowest BCUT2D eigenvalue weighted by molar-refractivity contribution is 0.0302. The van der Waals surface area contributed by atoms with Gasteiger partial charge < -0.3 is 15.4 Å². The summed E-state index contributed by atoms with van der Waals surface area (Å²) in [5, 5.41) is 0.788. The number of nitrogens with zero attached hydrogens (tertiary/aromatic N) is 4. The maximum atomic E-state index is 12.6. The molecule has 1 saturated heterocycles. The minimum absolute atomic E-state index is 0.0242. The van der Waals surface area contributed by atoms with Gasteiger partial charge in [-0.1, -0.05) is 0 Å². The quantitative estimate of drug-likeness (QED) is 0.763. The molecule has 7 nitrogen and oxygen atoms in total. The van der Waals surface area contributed by atoms with Gasteiger partial charge >= 0.3 is 0 Å². The molecule has 0 aromatic carbocycles. The molecule has 0 aliphatic carbocycles. The van der Waals surface area contributed by atoms with Gasteiger partial charge in [-0.25, -0.2) is 9.97 Å². The van der Waals surface area contributed by atoms with Gasteiger partial charge in [-0.15, -0.1) is 11.3 Å². The van der Waals surface area contributed by atoms with Crippen molar-refractivity contribution in [2.75, 3.05) is 32.0 Å². The van der Waals surface area contributed by atoms with Crippen molar-refractivity contribution in [2.45, 2.75) is 0 Å². The van der Waals surface area contributed by atoms with E-state index < -0.39 is 0 Å². The number of ether oxygens (including phenoxy) is 1. The van der Waals surface area contributed by atoms with E-state index in [0.29, 0.717) is 37.7 Å². The van der Waals surface area contributed by atoms with E-state index in [0.717, 1.165) is 21.0 Å². The number of aromatic nitrogens is 3. The zero-order valence-corrected chi connectivity index (χ0v) is 14.8. The van der Waals surface area contributed by atoms with Crippen LogP contribution in [0.5, 0.6) is 0 Å². The van der Waals surface area contributed by atoms with E-state index in [1.165, 1.54) is 11.3 Å². The Morgan fingerprint density at radius 1 is 1.19 bits per heavy atom. The molecule has 26 heavy (non-hydrogen) atoms. The second kappa shape index (κ2) is 7.19. The van der Waals surface area contributed by atoms with Crippen molar-refractivity contribution in [3.8, 4) is 21.0 Å².